The van der Waals surface area contributed by atoms with Gasteiger partial charge >= 0.3 is 0 Å². The molecule has 2 rings (SSSR count). The first-order valence-corrected chi connectivity index (χ1v) is 8.61. The van der Waals surface area contributed by atoms with Gasteiger partial charge < -0.3 is 5.32 Å². The molecule has 6 heteroatoms. The molecule has 3 nitrogen and oxygen atoms in total. The molecule has 1 atom stereocenters. The number of rotatable bonds is 4. The van der Waals surface area contributed by atoms with Crippen LogP contribution in [0.15, 0.2) is 33.3 Å². The molecule has 106 valence electrons. The Morgan fingerprint density at radius 3 is 2.55 bits per heavy atom. The Morgan fingerprint density at radius 1 is 1.35 bits per heavy atom. The molecular formula is C14H14Br2N2OS. The first-order valence-electron chi connectivity index (χ1n) is 6.21. The summed E-state index contributed by atoms with van der Waals surface area (Å²) in [4.78, 5) is 17.8. The first kappa shape index (κ1) is 15.7. The quantitative estimate of drug-likeness (QED) is 0.781. The molecule has 0 fully saturated rings. The van der Waals surface area contributed by atoms with Crippen molar-refractivity contribution in [1.29, 1.82) is 0 Å². The number of hydrogen-bond donors (Lipinski definition) is 1. The molecule has 0 saturated carbocycles. The number of halogens is 2. The Kier molecular flexibility index (Phi) is 5.35. The molecule has 20 heavy (non-hydrogen) atoms. The molecule has 0 aliphatic carbocycles. The van der Waals surface area contributed by atoms with E-state index in [4.69, 9.17) is 0 Å². The average molecular weight is 418 g/mol. The second-order valence-electron chi connectivity index (χ2n) is 4.37. The molecule has 0 radical (unpaired) electrons. The lowest BCUT2D eigenvalue weighted by molar-refractivity contribution is 0.0939. The monoisotopic (exact) mass is 416 g/mol. The van der Waals surface area contributed by atoms with E-state index in [0.29, 0.717) is 5.56 Å². The Bertz CT molecular complexity index is 607. The Labute approximate surface area is 139 Å². The summed E-state index contributed by atoms with van der Waals surface area (Å²) < 4.78 is 1.74. The van der Waals surface area contributed by atoms with Crippen molar-refractivity contribution in [1.82, 2.24) is 10.3 Å². The predicted molar refractivity (Wildman–Crippen MR) is 89.2 cm³/mol. The molecule has 1 aromatic carbocycles. The number of aromatic nitrogens is 1. The van der Waals surface area contributed by atoms with E-state index in [-0.39, 0.29) is 11.9 Å². The van der Waals surface area contributed by atoms with Crippen molar-refractivity contribution in [2.24, 2.45) is 0 Å². The molecule has 0 aliphatic heterocycles. The van der Waals surface area contributed by atoms with Crippen molar-refractivity contribution >= 4 is 49.1 Å². The lowest BCUT2D eigenvalue weighted by Gasteiger charge is -2.11. The number of thiazole rings is 1. The largest absolute Gasteiger partial charge is 0.343 e. The highest BCUT2D eigenvalue weighted by atomic mass is 79.9. The molecule has 1 N–H and O–H groups in total. The second kappa shape index (κ2) is 6.83. The fraction of sp³-hybridized carbons (Fsp3) is 0.286. The van der Waals surface area contributed by atoms with E-state index in [2.05, 4.69) is 49.1 Å². The third-order valence-electron chi connectivity index (χ3n) is 2.76. The highest BCUT2D eigenvalue weighted by Crippen LogP contribution is 2.23. The van der Waals surface area contributed by atoms with Crippen molar-refractivity contribution in [3.8, 4) is 0 Å². The zero-order chi connectivity index (χ0) is 14.7. The van der Waals surface area contributed by atoms with Crippen molar-refractivity contribution in [3.63, 3.8) is 0 Å². The molecule has 1 heterocycles. The van der Waals surface area contributed by atoms with Crippen LogP contribution < -0.4 is 5.32 Å². The van der Waals surface area contributed by atoms with Gasteiger partial charge in [-0.1, -0.05) is 38.8 Å². The zero-order valence-corrected chi connectivity index (χ0v) is 15.1. The number of amides is 1. The van der Waals surface area contributed by atoms with Crippen LogP contribution in [-0.4, -0.2) is 10.9 Å². The smallest absolute Gasteiger partial charge is 0.251 e. The Balaban J connectivity index is 2.10. The fourth-order valence-electron chi connectivity index (χ4n) is 1.71. The number of carbonyl (C=O) groups excluding carboxylic acids is 1. The van der Waals surface area contributed by atoms with Gasteiger partial charge in [0.1, 0.15) is 5.01 Å². The summed E-state index contributed by atoms with van der Waals surface area (Å²) in [7, 11) is 0. The molecule has 2 aromatic rings. The minimum Gasteiger partial charge on any atom is -0.343 e. The summed E-state index contributed by atoms with van der Waals surface area (Å²) in [6.45, 7) is 4.04. The van der Waals surface area contributed by atoms with Gasteiger partial charge in [0.25, 0.3) is 5.91 Å². The highest BCUT2D eigenvalue weighted by molar-refractivity contribution is 9.11. The standard InChI is InChI=1S/C14H14Br2N2OS/c1-3-12-7-17-14(20-12)8(2)18-13(19)9-4-10(15)6-11(16)5-9/h4-8H,3H2,1-2H3,(H,18,19). The molecular weight excluding hydrogens is 404 g/mol. The van der Waals surface area contributed by atoms with Crippen LogP contribution in [0.4, 0.5) is 0 Å². The van der Waals surface area contributed by atoms with Crippen molar-refractivity contribution in [2.75, 3.05) is 0 Å². The third kappa shape index (κ3) is 3.90. The fourth-order valence-corrected chi connectivity index (χ4v) is 3.87. The van der Waals surface area contributed by atoms with Crippen LogP contribution in [0.3, 0.4) is 0 Å². The maximum absolute atomic E-state index is 12.2. The van der Waals surface area contributed by atoms with Crippen LogP contribution in [0.25, 0.3) is 0 Å². The van der Waals surface area contributed by atoms with Gasteiger partial charge in [-0.05, 0) is 31.5 Å². The summed E-state index contributed by atoms with van der Waals surface area (Å²) in [5.41, 5.74) is 0.616. The predicted octanol–water partition coefficient (Wildman–Crippen LogP) is 4.72. The maximum atomic E-state index is 12.2. The van der Waals surface area contributed by atoms with Crippen molar-refractivity contribution < 1.29 is 4.79 Å². The average Bonchev–Trinajstić information content (AvgIpc) is 2.86. The van der Waals surface area contributed by atoms with E-state index in [0.717, 1.165) is 20.4 Å². The van der Waals surface area contributed by atoms with Gasteiger partial charge in [0, 0.05) is 25.6 Å². The highest BCUT2D eigenvalue weighted by Gasteiger charge is 2.15. The molecule has 0 aliphatic rings. The third-order valence-corrected chi connectivity index (χ3v) is 5.00. The summed E-state index contributed by atoms with van der Waals surface area (Å²) in [6, 6.07) is 5.40. The van der Waals surface area contributed by atoms with Gasteiger partial charge in [-0.3, -0.25) is 4.79 Å². The van der Waals surface area contributed by atoms with Gasteiger partial charge in [0.2, 0.25) is 0 Å². The summed E-state index contributed by atoms with van der Waals surface area (Å²) in [5.74, 6) is -0.104. The zero-order valence-electron chi connectivity index (χ0n) is 11.1. The van der Waals surface area contributed by atoms with Crippen LogP contribution >= 0.6 is 43.2 Å². The number of nitrogens with one attached hydrogen (secondary N) is 1. The summed E-state index contributed by atoms with van der Waals surface area (Å²) in [6.07, 6.45) is 2.84. The summed E-state index contributed by atoms with van der Waals surface area (Å²) in [5, 5.41) is 3.91. The molecule has 0 bridgehead atoms. The van der Waals surface area contributed by atoms with E-state index >= 15 is 0 Å². The number of aryl methyl sites for hydroxylation is 1. The first-order chi connectivity index (χ1) is 9.49. The van der Waals surface area contributed by atoms with Crippen molar-refractivity contribution in [3.05, 3.63) is 48.8 Å². The molecule has 1 aromatic heterocycles. The SMILES string of the molecule is CCc1cnc(C(C)NC(=O)c2cc(Br)cc(Br)c2)s1. The van der Waals surface area contributed by atoms with Crippen LogP contribution in [0, 0.1) is 0 Å². The number of benzene rings is 1. The summed E-state index contributed by atoms with van der Waals surface area (Å²) >= 11 is 8.41. The van der Waals surface area contributed by atoms with Crippen molar-refractivity contribution in [2.45, 2.75) is 26.3 Å². The lowest BCUT2D eigenvalue weighted by Crippen LogP contribution is -2.26. The van der Waals surface area contributed by atoms with Crippen LogP contribution in [-0.2, 0) is 6.42 Å². The second-order valence-corrected chi connectivity index (χ2v) is 7.35. The Morgan fingerprint density at radius 2 is 2.00 bits per heavy atom. The van der Waals surface area contributed by atoms with Gasteiger partial charge in [-0.25, -0.2) is 4.98 Å². The molecule has 0 spiro atoms. The van der Waals surface area contributed by atoms with Gasteiger partial charge in [-0.15, -0.1) is 11.3 Å². The number of carbonyl (C=O) groups is 1. The Hall–Kier alpha value is -0.720. The topological polar surface area (TPSA) is 42.0 Å². The van der Waals surface area contributed by atoms with Crippen LogP contribution in [0.5, 0.6) is 0 Å². The van der Waals surface area contributed by atoms with E-state index in [1.807, 2.05) is 19.2 Å². The molecule has 1 unspecified atom stereocenters. The van der Waals surface area contributed by atoms with Crippen LogP contribution in [0.1, 0.15) is 40.1 Å². The number of hydrogen-bond acceptors (Lipinski definition) is 3. The van der Waals surface area contributed by atoms with E-state index in [9.17, 15) is 4.79 Å². The molecule has 1 amide bonds. The minimum absolute atomic E-state index is 0.0921. The normalized spacial score (nSPS) is 12.2. The maximum Gasteiger partial charge on any atom is 0.251 e. The van der Waals surface area contributed by atoms with Gasteiger partial charge in [0.05, 0.1) is 6.04 Å². The van der Waals surface area contributed by atoms with Gasteiger partial charge in [-0.2, -0.15) is 0 Å². The lowest BCUT2D eigenvalue weighted by atomic mass is 10.2. The minimum atomic E-state index is -0.104. The van der Waals surface area contributed by atoms with E-state index in [1.54, 1.807) is 23.5 Å². The molecule has 0 saturated heterocycles. The van der Waals surface area contributed by atoms with Crippen LogP contribution in [0.2, 0.25) is 0 Å². The van der Waals surface area contributed by atoms with E-state index in [1.165, 1.54) is 4.88 Å². The number of nitrogens with zero attached hydrogens (tertiary/aromatic N) is 1. The van der Waals surface area contributed by atoms with E-state index < -0.39 is 0 Å². The van der Waals surface area contributed by atoms with Gasteiger partial charge in [0.15, 0.2) is 0 Å².